The van der Waals surface area contributed by atoms with Crippen molar-refractivity contribution in [3.63, 3.8) is 0 Å². The third-order valence-corrected chi connectivity index (χ3v) is 7.23. The first-order chi connectivity index (χ1) is 18.8. The lowest BCUT2D eigenvalue weighted by molar-refractivity contribution is 0.0997. The van der Waals surface area contributed by atoms with Crippen LogP contribution in [-0.2, 0) is 0 Å². The Balaban J connectivity index is 1.30. The van der Waals surface area contributed by atoms with Crippen molar-refractivity contribution in [1.29, 1.82) is 0 Å². The summed E-state index contributed by atoms with van der Waals surface area (Å²) in [5.41, 5.74) is 1.74. The van der Waals surface area contributed by atoms with Gasteiger partial charge in [0.15, 0.2) is 16.8 Å². The normalized spacial score (nSPS) is 16.4. The van der Waals surface area contributed by atoms with E-state index in [4.69, 9.17) is 4.42 Å². The summed E-state index contributed by atoms with van der Waals surface area (Å²) in [5, 5.41) is 5.72. The van der Waals surface area contributed by atoms with Crippen LogP contribution in [0.15, 0.2) is 51.7 Å². The van der Waals surface area contributed by atoms with Gasteiger partial charge in [0.05, 0.1) is 11.1 Å². The number of fused-ring (bicyclic) bond motifs is 1. The summed E-state index contributed by atoms with van der Waals surface area (Å²) >= 11 is 0. The molecular weight excluding hydrogens is 503 g/mol. The van der Waals surface area contributed by atoms with E-state index in [0.29, 0.717) is 57.2 Å². The highest BCUT2D eigenvalue weighted by Crippen LogP contribution is 2.29. The fourth-order valence-electron chi connectivity index (χ4n) is 4.98. The minimum atomic E-state index is -0.564. The predicted molar refractivity (Wildman–Crippen MR) is 149 cm³/mol. The van der Waals surface area contributed by atoms with Gasteiger partial charge in [-0.25, -0.2) is 9.18 Å². The molecule has 5 rings (SSSR count). The number of nitrogens with one attached hydrogen (secondary N) is 2. The van der Waals surface area contributed by atoms with E-state index in [1.165, 1.54) is 6.07 Å². The van der Waals surface area contributed by atoms with Crippen LogP contribution in [0.2, 0.25) is 0 Å². The smallest absolute Gasteiger partial charge is 0.317 e. The molecule has 0 bridgehead atoms. The van der Waals surface area contributed by atoms with Gasteiger partial charge in [-0.05, 0) is 44.3 Å². The standard InChI is InChI=1S/C28H33FN6O4/c1-3-30-28(38)35-14-12-33(13-15-35)21-6-4-20(5-7-21)31-27(37)25-18-24(36)22-16-19(29)17-23(26(22)39-25)34-10-8-32(2)9-11-34/h4-7,16-18H,3,8-15H2,1-2H3,(H,30,38)(H,31,37). The molecule has 2 aliphatic rings. The molecule has 0 spiro atoms. The highest BCUT2D eigenvalue weighted by Gasteiger charge is 2.23. The molecule has 0 atom stereocenters. The molecule has 3 heterocycles. The van der Waals surface area contributed by atoms with Gasteiger partial charge in [-0.2, -0.15) is 0 Å². The van der Waals surface area contributed by atoms with Gasteiger partial charge >= 0.3 is 6.03 Å². The monoisotopic (exact) mass is 536 g/mol. The number of halogens is 1. The minimum absolute atomic E-state index is 0.0451. The maximum atomic E-state index is 14.4. The zero-order valence-corrected chi connectivity index (χ0v) is 22.2. The average Bonchev–Trinajstić information content (AvgIpc) is 2.94. The Kier molecular flexibility index (Phi) is 7.69. The third-order valence-electron chi connectivity index (χ3n) is 7.23. The molecule has 206 valence electrons. The van der Waals surface area contributed by atoms with Crippen LogP contribution >= 0.6 is 0 Å². The van der Waals surface area contributed by atoms with E-state index in [1.807, 2.05) is 31.0 Å². The molecule has 11 heteroatoms. The van der Waals surface area contributed by atoms with E-state index in [2.05, 4.69) is 20.4 Å². The molecular formula is C28H33FN6O4. The molecule has 2 aliphatic heterocycles. The number of hydrogen-bond acceptors (Lipinski definition) is 7. The molecule has 2 aromatic carbocycles. The first-order valence-electron chi connectivity index (χ1n) is 13.2. The van der Waals surface area contributed by atoms with Crippen LogP contribution in [0.5, 0.6) is 0 Å². The maximum Gasteiger partial charge on any atom is 0.317 e. The zero-order valence-electron chi connectivity index (χ0n) is 22.2. The lowest BCUT2D eigenvalue weighted by Gasteiger charge is -2.36. The topological polar surface area (TPSA) is 101 Å². The fourth-order valence-corrected chi connectivity index (χ4v) is 4.98. The van der Waals surface area contributed by atoms with E-state index < -0.39 is 17.2 Å². The summed E-state index contributed by atoms with van der Waals surface area (Å²) in [6.07, 6.45) is 0. The molecule has 3 amide bonds. The van der Waals surface area contributed by atoms with Crippen LogP contribution in [0.4, 0.5) is 26.2 Å². The zero-order chi connectivity index (χ0) is 27.5. The molecule has 3 aromatic rings. The van der Waals surface area contributed by atoms with Crippen molar-refractivity contribution in [2.45, 2.75) is 6.92 Å². The Morgan fingerprint density at radius 3 is 2.26 bits per heavy atom. The van der Waals surface area contributed by atoms with Crippen molar-refractivity contribution in [1.82, 2.24) is 15.1 Å². The van der Waals surface area contributed by atoms with Crippen LogP contribution in [0.3, 0.4) is 0 Å². The van der Waals surface area contributed by atoms with Gasteiger partial charge in [0.25, 0.3) is 5.91 Å². The van der Waals surface area contributed by atoms with Gasteiger partial charge in [0.1, 0.15) is 5.82 Å². The second kappa shape index (κ2) is 11.3. The van der Waals surface area contributed by atoms with Gasteiger partial charge in [-0.1, -0.05) is 0 Å². The van der Waals surface area contributed by atoms with E-state index in [-0.39, 0.29) is 22.8 Å². The van der Waals surface area contributed by atoms with Crippen LogP contribution in [-0.4, -0.2) is 87.7 Å². The molecule has 39 heavy (non-hydrogen) atoms. The summed E-state index contributed by atoms with van der Waals surface area (Å²) in [5.74, 6) is -1.22. The highest BCUT2D eigenvalue weighted by atomic mass is 19.1. The van der Waals surface area contributed by atoms with Gasteiger partial charge in [-0.3, -0.25) is 9.59 Å². The maximum absolute atomic E-state index is 14.4. The Hall–Kier alpha value is -4.12. The Morgan fingerprint density at radius 2 is 1.59 bits per heavy atom. The number of carbonyl (C=O) groups is 2. The highest BCUT2D eigenvalue weighted by molar-refractivity contribution is 6.03. The second-order valence-corrected chi connectivity index (χ2v) is 9.88. The first kappa shape index (κ1) is 26.5. The van der Waals surface area contributed by atoms with Gasteiger partial charge in [-0.15, -0.1) is 0 Å². The number of nitrogens with zero attached hydrogens (tertiary/aromatic N) is 4. The third kappa shape index (κ3) is 5.83. The predicted octanol–water partition coefficient (Wildman–Crippen LogP) is 2.79. The van der Waals surface area contributed by atoms with Gasteiger partial charge < -0.3 is 34.7 Å². The van der Waals surface area contributed by atoms with Gasteiger partial charge in [0.2, 0.25) is 0 Å². The van der Waals surface area contributed by atoms with Crippen molar-refractivity contribution in [3.8, 4) is 0 Å². The van der Waals surface area contributed by atoms with Crippen molar-refractivity contribution >= 4 is 40.0 Å². The number of likely N-dealkylation sites (N-methyl/N-ethyl adjacent to an activating group) is 1. The lowest BCUT2D eigenvalue weighted by atomic mass is 10.1. The number of rotatable bonds is 5. The summed E-state index contributed by atoms with van der Waals surface area (Å²) in [7, 11) is 2.02. The molecule has 0 aliphatic carbocycles. The number of hydrogen-bond donors (Lipinski definition) is 2. The van der Waals surface area contributed by atoms with Gasteiger partial charge in [0, 0.05) is 82.4 Å². The number of benzene rings is 2. The first-order valence-corrected chi connectivity index (χ1v) is 13.2. The summed E-state index contributed by atoms with van der Waals surface area (Å²) in [6, 6.07) is 10.9. The number of carbonyl (C=O) groups excluding carboxylic acids is 2. The SMILES string of the molecule is CCNC(=O)N1CCN(c2ccc(NC(=O)c3cc(=O)c4cc(F)cc(N5CCN(C)CC5)c4o3)cc2)CC1. The molecule has 2 fully saturated rings. The molecule has 0 saturated carbocycles. The number of anilines is 3. The summed E-state index contributed by atoms with van der Waals surface area (Å²) < 4.78 is 20.3. The number of amides is 3. The molecule has 0 radical (unpaired) electrons. The van der Waals surface area contributed by atoms with Crippen molar-refractivity contribution in [2.24, 2.45) is 0 Å². The van der Waals surface area contributed by atoms with E-state index in [0.717, 1.165) is 30.9 Å². The minimum Gasteiger partial charge on any atom is -0.448 e. The van der Waals surface area contributed by atoms with Crippen LogP contribution in [0.25, 0.3) is 11.0 Å². The second-order valence-electron chi connectivity index (χ2n) is 9.88. The van der Waals surface area contributed by atoms with E-state index >= 15 is 0 Å². The quantitative estimate of drug-likeness (QED) is 0.517. The van der Waals surface area contributed by atoms with Crippen molar-refractivity contribution in [2.75, 3.05) is 81.1 Å². The molecule has 2 saturated heterocycles. The Labute approximate surface area is 225 Å². The molecule has 2 N–H and O–H groups in total. The number of urea groups is 1. The van der Waals surface area contributed by atoms with Crippen molar-refractivity contribution in [3.05, 3.63) is 64.3 Å². The van der Waals surface area contributed by atoms with Crippen LogP contribution in [0, 0.1) is 5.82 Å². The van der Waals surface area contributed by atoms with Crippen LogP contribution < -0.4 is 25.9 Å². The lowest BCUT2D eigenvalue weighted by Crippen LogP contribution is -2.51. The summed E-state index contributed by atoms with van der Waals surface area (Å²) in [4.78, 5) is 46.1. The largest absolute Gasteiger partial charge is 0.448 e. The average molecular weight is 537 g/mol. The van der Waals surface area contributed by atoms with Crippen LogP contribution in [0.1, 0.15) is 17.5 Å². The van der Waals surface area contributed by atoms with E-state index in [9.17, 15) is 18.8 Å². The Morgan fingerprint density at radius 1 is 0.923 bits per heavy atom. The molecule has 10 nitrogen and oxygen atoms in total. The summed E-state index contributed by atoms with van der Waals surface area (Å²) in [6.45, 7) is 8.08. The number of piperazine rings is 2. The van der Waals surface area contributed by atoms with E-state index in [1.54, 1.807) is 17.0 Å². The van der Waals surface area contributed by atoms with Crippen molar-refractivity contribution < 1.29 is 18.4 Å². The molecule has 0 unspecified atom stereocenters. The fraction of sp³-hybridized carbons (Fsp3) is 0.393. The molecule has 1 aromatic heterocycles. The Bertz CT molecular complexity index is 1410.